The number of alkyl halides is 3. The van der Waals surface area contributed by atoms with Crippen molar-refractivity contribution in [2.24, 2.45) is 4.99 Å². The lowest BCUT2D eigenvalue weighted by molar-refractivity contribution is -0.153. The number of hydrogen-bond acceptors (Lipinski definition) is 3. The van der Waals surface area contributed by atoms with E-state index in [1.807, 2.05) is 19.1 Å². The Kier molecular flexibility index (Phi) is 10.0. The van der Waals surface area contributed by atoms with Gasteiger partial charge in [-0.05, 0) is 25.1 Å². The summed E-state index contributed by atoms with van der Waals surface area (Å²) >= 11 is 0. The van der Waals surface area contributed by atoms with Gasteiger partial charge in [0.15, 0.2) is 12.6 Å². The molecular formula is C18H23F3IN3O2. The summed E-state index contributed by atoms with van der Waals surface area (Å²) in [6, 6.07) is 10.3. The second-order valence-electron chi connectivity index (χ2n) is 5.46. The number of rotatable bonds is 8. The van der Waals surface area contributed by atoms with Gasteiger partial charge in [-0.15, -0.1) is 24.0 Å². The quantitative estimate of drug-likeness (QED) is 0.327. The maximum absolute atomic E-state index is 12.4. The van der Waals surface area contributed by atoms with Crippen LogP contribution in [0.1, 0.15) is 18.2 Å². The van der Waals surface area contributed by atoms with E-state index in [-0.39, 0.29) is 36.3 Å². The first kappa shape index (κ1) is 23.1. The largest absolute Gasteiger partial charge is 0.484 e. The van der Waals surface area contributed by atoms with Crippen LogP contribution in [0.15, 0.2) is 52.1 Å². The van der Waals surface area contributed by atoms with E-state index in [9.17, 15) is 13.2 Å². The molecule has 0 aliphatic carbocycles. The maximum Gasteiger partial charge on any atom is 0.422 e. The highest BCUT2D eigenvalue weighted by molar-refractivity contribution is 14.0. The fraction of sp³-hybridized carbons (Fsp3) is 0.389. The van der Waals surface area contributed by atoms with Crippen molar-refractivity contribution in [3.63, 3.8) is 0 Å². The summed E-state index contributed by atoms with van der Waals surface area (Å²) in [4.78, 5) is 4.41. The molecule has 5 nitrogen and oxygen atoms in total. The Morgan fingerprint density at radius 1 is 1.15 bits per heavy atom. The van der Waals surface area contributed by atoms with E-state index in [2.05, 4.69) is 15.6 Å². The molecule has 0 spiro atoms. The zero-order valence-electron chi connectivity index (χ0n) is 14.9. The van der Waals surface area contributed by atoms with E-state index in [0.29, 0.717) is 31.0 Å². The molecule has 0 radical (unpaired) electrons. The molecule has 0 aliphatic heterocycles. The molecule has 2 N–H and O–H groups in total. The molecule has 0 fully saturated rings. The number of nitrogens with zero attached hydrogens (tertiary/aromatic N) is 1. The van der Waals surface area contributed by atoms with Crippen molar-refractivity contribution in [1.82, 2.24) is 10.6 Å². The first-order chi connectivity index (χ1) is 12.5. The van der Waals surface area contributed by atoms with E-state index in [1.165, 1.54) is 6.07 Å². The molecule has 0 unspecified atom stereocenters. The average molecular weight is 497 g/mol. The van der Waals surface area contributed by atoms with Gasteiger partial charge in [0, 0.05) is 25.1 Å². The van der Waals surface area contributed by atoms with E-state index in [1.54, 1.807) is 24.5 Å². The molecule has 1 heterocycles. The Balaban J connectivity index is 0.00000364. The van der Waals surface area contributed by atoms with E-state index in [0.717, 1.165) is 5.76 Å². The molecule has 0 amide bonds. The van der Waals surface area contributed by atoms with Crippen LogP contribution in [0, 0.1) is 0 Å². The van der Waals surface area contributed by atoms with Crippen molar-refractivity contribution >= 4 is 29.9 Å². The third-order valence-corrected chi connectivity index (χ3v) is 3.36. The zero-order chi connectivity index (χ0) is 18.8. The molecule has 0 saturated carbocycles. The van der Waals surface area contributed by atoms with Crippen molar-refractivity contribution in [3.05, 3.63) is 54.0 Å². The smallest absolute Gasteiger partial charge is 0.422 e. The van der Waals surface area contributed by atoms with Crippen molar-refractivity contribution in [2.75, 3.05) is 19.7 Å². The van der Waals surface area contributed by atoms with Gasteiger partial charge < -0.3 is 19.8 Å². The fourth-order valence-corrected chi connectivity index (χ4v) is 2.20. The van der Waals surface area contributed by atoms with Crippen LogP contribution in [0.3, 0.4) is 0 Å². The maximum atomic E-state index is 12.4. The minimum atomic E-state index is -4.38. The molecule has 2 aromatic rings. The summed E-state index contributed by atoms with van der Waals surface area (Å²) < 4.78 is 47.2. The number of aliphatic imine (C=N–C) groups is 1. The molecule has 0 saturated heterocycles. The number of furan rings is 1. The van der Waals surface area contributed by atoms with Crippen molar-refractivity contribution < 1.29 is 22.3 Å². The highest BCUT2D eigenvalue weighted by Gasteiger charge is 2.28. The van der Waals surface area contributed by atoms with Crippen LogP contribution in [0.4, 0.5) is 13.2 Å². The molecule has 27 heavy (non-hydrogen) atoms. The summed E-state index contributed by atoms with van der Waals surface area (Å²) in [5.74, 6) is 1.61. The second kappa shape index (κ2) is 11.7. The molecule has 0 aliphatic rings. The zero-order valence-corrected chi connectivity index (χ0v) is 17.2. The van der Waals surface area contributed by atoms with Gasteiger partial charge in [0.05, 0.1) is 12.8 Å². The van der Waals surface area contributed by atoms with Crippen LogP contribution in [-0.4, -0.2) is 31.8 Å². The van der Waals surface area contributed by atoms with Crippen molar-refractivity contribution in [1.29, 1.82) is 0 Å². The van der Waals surface area contributed by atoms with E-state index < -0.39 is 12.8 Å². The average Bonchev–Trinajstić information content (AvgIpc) is 3.11. The summed E-state index contributed by atoms with van der Waals surface area (Å²) in [6.07, 6.45) is -2.06. The Labute approximate surface area is 173 Å². The Bertz CT molecular complexity index is 691. The van der Waals surface area contributed by atoms with Gasteiger partial charge in [0.1, 0.15) is 11.5 Å². The standard InChI is InChI=1S/C18H22F3N3O2.HI/c1-2-22-17(23-10-9-15-7-5-11-25-15)24-12-14-6-3-4-8-16(14)26-13-18(19,20)21;/h3-8,11H,2,9-10,12-13H2,1H3,(H2,22,23,24);1H. The number of halogens is 4. The highest BCUT2D eigenvalue weighted by Crippen LogP contribution is 2.22. The van der Waals surface area contributed by atoms with Gasteiger partial charge in [-0.2, -0.15) is 13.2 Å². The SMILES string of the molecule is CCNC(=NCc1ccccc1OCC(F)(F)F)NCCc1ccco1.I. The van der Waals surface area contributed by atoms with E-state index in [4.69, 9.17) is 9.15 Å². The third kappa shape index (κ3) is 9.03. The van der Waals surface area contributed by atoms with Crippen LogP contribution in [0.2, 0.25) is 0 Å². The number of guanidine groups is 1. The second-order valence-corrected chi connectivity index (χ2v) is 5.46. The molecule has 2 rings (SSSR count). The van der Waals surface area contributed by atoms with Gasteiger partial charge in [-0.25, -0.2) is 4.99 Å². The molecule has 9 heteroatoms. The first-order valence-corrected chi connectivity index (χ1v) is 8.30. The lowest BCUT2D eigenvalue weighted by atomic mass is 10.2. The number of nitrogens with one attached hydrogen (secondary N) is 2. The lowest BCUT2D eigenvalue weighted by Gasteiger charge is -2.13. The number of ether oxygens (including phenoxy) is 1. The van der Waals surface area contributed by atoms with Gasteiger partial charge in [-0.1, -0.05) is 18.2 Å². The lowest BCUT2D eigenvalue weighted by Crippen LogP contribution is -2.38. The van der Waals surface area contributed by atoms with Crippen molar-refractivity contribution in [3.8, 4) is 5.75 Å². The monoisotopic (exact) mass is 497 g/mol. The van der Waals surface area contributed by atoms with Gasteiger partial charge in [0.25, 0.3) is 0 Å². The van der Waals surface area contributed by atoms with Gasteiger partial charge in [-0.3, -0.25) is 0 Å². The van der Waals surface area contributed by atoms with Crippen LogP contribution in [0.25, 0.3) is 0 Å². The summed E-state index contributed by atoms with van der Waals surface area (Å²) in [5, 5.41) is 6.26. The summed E-state index contributed by atoms with van der Waals surface area (Å²) in [6.45, 7) is 2.09. The van der Waals surface area contributed by atoms with Crippen LogP contribution in [-0.2, 0) is 13.0 Å². The Morgan fingerprint density at radius 2 is 1.93 bits per heavy atom. The van der Waals surface area contributed by atoms with Gasteiger partial charge in [0.2, 0.25) is 0 Å². The number of benzene rings is 1. The predicted octanol–water partition coefficient (Wildman–Crippen LogP) is 4.14. The minimum Gasteiger partial charge on any atom is -0.484 e. The summed E-state index contributed by atoms with van der Waals surface area (Å²) in [7, 11) is 0. The first-order valence-electron chi connectivity index (χ1n) is 8.30. The Morgan fingerprint density at radius 3 is 2.59 bits per heavy atom. The Hall–Kier alpha value is -1.91. The minimum absolute atomic E-state index is 0. The molecule has 0 bridgehead atoms. The summed E-state index contributed by atoms with van der Waals surface area (Å²) in [5.41, 5.74) is 0.583. The fourth-order valence-electron chi connectivity index (χ4n) is 2.20. The molecule has 150 valence electrons. The molecule has 1 aromatic carbocycles. The molecule has 1 aromatic heterocycles. The predicted molar refractivity (Wildman–Crippen MR) is 109 cm³/mol. The number of para-hydroxylation sites is 1. The van der Waals surface area contributed by atoms with Crippen molar-refractivity contribution in [2.45, 2.75) is 26.1 Å². The third-order valence-electron chi connectivity index (χ3n) is 3.36. The highest BCUT2D eigenvalue weighted by atomic mass is 127. The van der Waals surface area contributed by atoms with Crippen LogP contribution in [0.5, 0.6) is 5.75 Å². The molecular weight excluding hydrogens is 474 g/mol. The normalized spacial score (nSPS) is 11.6. The van der Waals surface area contributed by atoms with Crippen LogP contribution < -0.4 is 15.4 Å². The van der Waals surface area contributed by atoms with Crippen LogP contribution >= 0.6 is 24.0 Å². The molecule has 0 atom stereocenters. The number of hydrogen-bond donors (Lipinski definition) is 2. The van der Waals surface area contributed by atoms with E-state index >= 15 is 0 Å². The van der Waals surface area contributed by atoms with Gasteiger partial charge >= 0.3 is 6.18 Å². The topological polar surface area (TPSA) is 58.8 Å².